The van der Waals surface area contributed by atoms with Gasteiger partial charge in [0.1, 0.15) is 11.5 Å². The molecule has 0 saturated heterocycles. The van der Waals surface area contributed by atoms with Crippen molar-refractivity contribution in [2.45, 2.75) is 51.6 Å². The lowest BCUT2D eigenvalue weighted by molar-refractivity contribution is -0.119. The van der Waals surface area contributed by atoms with Crippen LogP contribution >= 0.6 is 0 Å². The molecule has 1 aliphatic carbocycles. The fraction of sp³-hybridized carbons (Fsp3) is 0.750. The molecule has 2 atom stereocenters. The van der Waals surface area contributed by atoms with Crippen LogP contribution < -0.4 is 0 Å². The molecular weight excluding hydrogens is 179 g/mol. The second kappa shape index (κ2) is 4.24. The Kier molecular flexibility index (Phi) is 3.46. The molecule has 0 aromatic heterocycles. The maximum Gasteiger partial charge on any atom is 0.137 e. The first-order chi connectivity index (χ1) is 6.45. The highest BCUT2D eigenvalue weighted by Gasteiger charge is 2.51. The van der Waals surface area contributed by atoms with E-state index in [2.05, 4.69) is 13.5 Å². The standard InChI is InChI=1S/C12H19FO/c1-4-5-9(2)6-11(14)7-10-8-12(10,3)13/h10H,2,4-8H2,1,3H3. The molecule has 2 heteroatoms. The third-order valence-corrected chi connectivity index (χ3v) is 2.86. The van der Waals surface area contributed by atoms with Gasteiger partial charge < -0.3 is 0 Å². The Balaban J connectivity index is 2.20. The summed E-state index contributed by atoms with van der Waals surface area (Å²) in [4.78, 5) is 11.4. The fourth-order valence-electron chi connectivity index (χ4n) is 1.78. The maximum absolute atomic E-state index is 13.1. The van der Waals surface area contributed by atoms with Gasteiger partial charge in [0, 0.05) is 18.8 Å². The Hall–Kier alpha value is -0.660. The molecule has 1 aliphatic rings. The summed E-state index contributed by atoms with van der Waals surface area (Å²) in [5.41, 5.74) is -0.0828. The molecule has 0 heterocycles. The fourth-order valence-corrected chi connectivity index (χ4v) is 1.78. The minimum Gasteiger partial charge on any atom is -0.299 e. The molecule has 2 unspecified atom stereocenters. The van der Waals surface area contributed by atoms with Crippen molar-refractivity contribution in [3.8, 4) is 0 Å². The first-order valence-electron chi connectivity index (χ1n) is 5.33. The maximum atomic E-state index is 13.1. The normalized spacial score (nSPS) is 30.1. The van der Waals surface area contributed by atoms with E-state index in [1.807, 2.05) is 0 Å². The van der Waals surface area contributed by atoms with Crippen molar-refractivity contribution in [2.75, 3.05) is 0 Å². The monoisotopic (exact) mass is 198 g/mol. The lowest BCUT2D eigenvalue weighted by Crippen LogP contribution is -2.05. The molecule has 14 heavy (non-hydrogen) atoms. The van der Waals surface area contributed by atoms with Gasteiger partial charge in [0.05, 0.1) is 0 Å². The van der Waals surface area contributed by atoms with Crippen LogP contribution in [0.5, 0.6) is 0 Å². The van der Waals surface area contributed by atoms with Crippen molar-refractivity contribution >= 4 is 5.78 Å². The predicted molar refractivity (Wildman–Crippen MR) is 55.9 cm³/mol. The van der Waals surface area contributed by atoms with E-state index in [0.29, 0.717) is 19.3 Å². The first kappa shape index (κ1) is 11.4. The molecule has 0 amide bonds. The molecule has 1 fully saturated rings. The molecule has 0 aromatic rings. The van der Waals surface area contributed by atoms with Gasteiger partial charge in [0.25, 0.3) is 0 Å². The van der Waals surface area contributed by atoms with Gasteiger partial charge in [-0.2, -0.15) is 0 Å². The van der Waals surface area contributed by atoms with Gasteiger partial charge in [-0.05, 0) is 19.8 Å². The van der Waals surface area contributed by atoms with Crippen molar-refractivity contribution in [3.63, 3.8) is 0 Å². The third-order valence-electron chi connectivity index (χ3n) is 2.86. The zero-order valence-electron chi connectivity index (χ0n) is 9.11. The van der Waals surface area contributed by atoms with E-state index in [9.17, 15) is 9.18 Å². The Morgan fingerprint density at radius 1 is 1.64 bits per heavy atom. The van der Waals surface area contributed by atoms with Gasteiger partial charge in [0.2, 0.25) is 0 Å². The minimum atomic E-state index is -1.07. The molecule has 0 N–H and O–H groups in total. The van der Waals surface area contributed by atoms with Gasteiger partial charge in [-0.25, -0.2) is 4.39 Å². The number of alkyl halides is 1. The number of carbonyl (C=O) groups is 1. The second-order valence-electron chi connectivity index (χ2n) is 4.60. The van der Waals surface area contributed by atoms with Crippen LogP contribution in [0.25, 0.3) is 0 Å². The summed E-state index contributed by atoms with van der Waals surface area (Å²) in [5.74, 6) is 0.124. The summed E-state index contributed by atoms with van der Waals surface area (Å²) in [6.45, 7) is 7.47. The van der Waals surface area contributed by atoms with Crippen LogP contribution in [0.15, 0.2) is 12.2 Å². The largest absolute Gasteiger partial charge is 0.299 e. The smallest absolute Gasteiger partial charge is 0.137 e. The minimum absolute atomic E-state index is 0.0237. The average Bonchev–Trinajstić information content (AvgIpc) is 2.57. The molecular formula is C12H19FO. The van der Waals surface area contributed by atoms with Gasteiger partial charge in [-0.3, -0.25) is 4.79 Å². The van der Waals surface area contributed by atoms with E-state index >= 15 is 0 Å². The van der Waals surface area contributed by atoms with Crippen LogP contribution in [0.4, 0.5) is 4.39 Å². The van der Waals surface area contributed by atoms with Gasteiger partial charge >= 0.3 is 0 Å². The van der Waals surface area contributed by atoms with Crippen LogP contribution in [0.2, 0.25) is 0 Å². The van der Waals surface area contributed by atoms with E-state index in [-0.39, 0.29) is 11.7 Å². The SMILES string of the molecule is C=C(CCC)CC(=O)CC1CC1(C)F. The quantitative estimate of drug-likeness (QED) is 0.597. The van der Waals surface area contributed by atoms with Crippen LogP contribution in [-0.4, -0.2) is 11.5 Å². The number of carbonyl (C=O) groups excluding carboxylic acids is 1. The molecule has 0 radical (unpaired) electrons. The Morgan fingerprint density at radius 3 is 2.64 bits per heavy atom. The molecule has 1 rings (SSSR count). The Morgan fingerprint density at radius 2 is 2.21 bits per heavy atom. The van der Waals surface area contributed by atoms with Crippen molar-refractivity contribution < 1.29 is 9.18 Å². The van der Waals surface area contributed by atoms with Crippen LogP contribution in [0, 0.1) is 5.92 Å². The highest BCUT2D eigenvalue weighted by atomic mass is 19.1. The highest BCUT2D eigenvalue weighted by molar-refractivity contribution is 5.81. The van der Waals surface area contributed by atoms with E-state index < -0.39 is 5.67 Å². The summed E-state index contributed by atoms with van der Waals surface area (Å²) < 4.78 is 13.1. The number of ketones is 1. The van der Waals surface area contributed by atoms with Crippen LogP contribution in [0.3, 0.4) is 0 Å². The van der Waals surface area contributed by atoms with Crippen molar-refractivity contribution in [1.29, 1.82) is 0 Å². The van der Waals surface area contributed by atoms with Gasteiger partial charge in [-0.15, -0.1) is 0 Å². The van der Waals surface area contributed by atoms with Gasteiger partial charge in [-0.1, -0.05) is 25.5 Å². The molecule has 0 aromatic carbocycles. The van der Waals surface area contributed by atoms with E-state index in [1.165, 1.54) is 0 Å². The van der Waals surface area contributed by atoms with Crippen LogP contribution in [0.1, 0.15) is 46.0 Å². The molecule has 80 valence electrons. The zero-order valence-corrected chi connectivity index (χ0v) is 9.11. The molecule has 0 spiro atoms. The lowest BCUT2D eigenvalue weighted by Gasteiger charge is -2.03. The third kappa shape index (κ3) is 3.24. The average molecular weight is 198 g/mol. The molecule has 1 saturated carbocycles. The van der Waals surface area contributed by atoms with Crippen molar-refractivity contribution in [3.05, 3.63) is 12.2 Å². The first-order valence-corrected chi connectivity index (χ1v) is 5.33. The van der Waals surface area contributed by atoms with Crippen molar-refractivity contribution in [2.24, 2.45) is 5.92 Å². The van der Waals surface area contributed by atoms with E-state index in [1.54, 1.807) is 6.92 Å². The number of rotatable bonds is 6. The number of Topliss-reactive ketones (excluding diaryl/α,β-unsaturated/α-hetero) is 1. The predicted octanol–water partition coefficient (Wildman–Crippen LogP) is 3.44. The molecule has 0 aliphatic heterocycles. The lowest BCUT2D eigenvalue weighted by atomic mass is 10.0. The number of allylic oxidation sites excluding steroid dienone is 1. The molecule has 0 bridgehead atoms. The van der Waals surface area contributed by atoms with Gasteiger partial charge in [0.15, 0.2) is 0 Å². The van der Waals surface area contributed by atoms with E-state index in [4.69, 9.17) is 0 Å². The summed E-state index contributed by atoms with van der Waals surface area (Å²) >= 11 is 0. The Bertz CT molecular complexity index is 243. The number of hydrogen-bond donors (Lipinski definition) is 0. The topological polar surface area (TPSA) is 17.1 Å². The van der Waals surface area contributed by atoms with Crippen LogP contribution in [-0.2, 0) is 4.79 Å². The molecule has 1 nitrogen and oxygen atoms in total. The van der Waals surface area contributed by atoms with Crippen molar-refractivity contribution in [1.82, 2.24) is 0 Å². The Labute approximate surface area is 85.4 Å². The summed E-state index contributed by atoms with van der Waals surface area (Å²) in [6.07, 6.45) is 3.33. The summed E-state index contributed by atoms with van der Waals surface area (Å²) in [6, 6.07) is 0. The van der Waals surface area contributed by atoms with E-state index in [0.717, 1.165) is 18.4 Å². The zero-order chi connectivity index (χ0) is 10.8. The second-order valence-corrected chi connectivity index (χ2v) is 4.60. The highest BCUT2D eigenvalue weighted by Crippen LogP contribution is 2.49. The number of halogens is 1. The number of hydrogen-bond acceptors (Lipinski definition) is 1. The summed E-state index contributed by atoms with van der Waals surface area (Å²) in [7, 11) is 0. The summed E-state index contributed by atoms with van der Waals surface area (Å²) in [5, 5.41) is 0.